The largest absolute Gasteiger partial charge is 0.493 e. The molecule has 1 saturated heterocycles. The fourth-order valence-electron chi connectivity index (χ4n) is 11.1. The van der Waals surface area contributed by atoms with Gasteiger partial charge in [0.15, 0.2) is 17.2 Å². The van der Waals surface area contributed by atoms with Crippen molar-refractivity contribution in [3.63, 3.8) is 0 Å². The molecule has 556 valence electrons. The highest BCUT2D eigenvalue weighted by molar-refractivity contribution is 7.92. The molecule has 0 saturated carbocycles. The molecule has 0 atom stereocenters. The first-order valence-electron chi connectivity index (χ1n) is 34.5. The van der Waals surface area contributed by atoms with Crippen molar-refractivity contribution >= 4 is 62.5 Å². The second-order valence-electron chi connectivity index (χ2n) is 24.6. The Hall–Kier alpha value is -9.23. The average Bonchev–Trinajstić information content (AvgIpc) is 0.796. The molecular formula is C73H103N13O15S. The number of unbranched alkanes of at least 4 members (excludes halogenated alkanes) is 1. The highest BCUT2D eigenvalue weighted by Gasteiger charge is 2.24. The van der Waals surface area contributed by atoms with Gasteiger partial charge in [-0.25, -0.2) is 13.4 Å². The summed E-state index contributed by atoms with van der Waals surface area (Å²) in [4.78, 5) is 65.7. The van der Waals surface area contributed by atoms with E-state index in [4.69, 9.17) is 53.0 Å². The number of aromatic amines is 1. The molecule has 0 bridgehead atoms. The molecule has 0 aliphatic carbocycles. The van der Waals surface area contributed by atoms with E-state index in [1.165, 1.54) is 38.6 Å². The van der Waals surface area contributed by atoms with Crippen LogP contribution in [0.5, 0.6) is 34.5 Å². The maximum atomic E-state index is 13.8. The number of H-pyrrole nitrogens is 1. The van der Waals surface area contributed by atoms with Crippen molar-refractivity contribution in [2.45, 2.75) is 77.8 Å². The van der Waals surface area contributed by atoms with Gasteiger partial charge in [0.2, 0.25) is 11.8 Å². The Morgan fingerprint density at radius 3 is 1.98 bits per heavy atom. The molecule has 29 heteroatoms. The third kappa shape index (κ3) is 25.4. The molecule has 102 heavy (non-hydrogen) atoms. The Bertz CT molecular complexity index is 3850. The number of piperazine rings is 1. The van der Waals surface area contributed by atoms with Crippen LogP contribution in [0.2, 0.25) is 0 Å². The van der Waals surface area contributed by atoms with Crippen LogP contribution in [0.1, 0.15) is 79.2 Å². The minimum absolute atomic E-state index is 0.0386. The number of anilines is 5. The van der Waals surface area contributed by atoms with Crippen LogP contribution in [-0.4, -0.2) is 218 Å². The van der Waals surface area contributed by atoms with Gasteiger partial charge in [0.1, 0.15) is 23.1 Å². The number of nitrogens with one attached hydrogen (secondary N) is 9. The Labute approximate surface area is 599 Å². The molecule has 0 spiro atoms. The van der Waals surface area contributed by atoms with E-state index in [0.29, 0.717) is 142 Å². The summed E-state index contributed by atoms with van der Waals surface area (Å²) in [5, 5.41) is 26.6. The SMILES string of the molecule is CCCOc1cc(OCCCCN(C)CC(=O)NCCOCCOCCOCCOCCC(=O)NCCN2CCN(c3ccc(-c4cc(NC(C)C)c(C=N)c(C(=O)NCc5c(C)cc(C)[nH]c5=O)c4)cn3)CC2)cc(Oc2cc(NC)c(NC)cc2NS(=O)(=O)c2ccc(OC)c(OC)c2)c1. The first kappa shape index (κ1) is 80.1. The smallest absolute Gasteiger partial charge is 0.262 e. The molecule has 1 aliphatic rings. The van der Waals surface area contributed by atoms with Crippen LogP contribution in [0.25, 0.3) is 11.1 Å². The van der Waals surface area contributed by atoms with Gasteiger partial charge in [0.25, 0.3) is 21.5 Å². The van der Waals surface area contributed by atoms with E-state index >= 15 is 0 Å². The van der Waals surface area contributed by atoms with E-state index in [9.17, 15) is 27.6 Å². The van der Waals surface area contributed by atoms with Crippen molar-refractivity contribution in [3.8, 4) is 45.6 Å². The van der Waals surface area contributed by atoms with Crippen molar-refractivity contribution < 1.29 is 65.4 Å². The highest BCUT2D eigenvalue weighted by atomic mass is 32.2. The van der Waals surface area contributed by atoms with Gasteiger partial charge >= 0.3 is 0 Å². The van der Waals surface area contributed by atoms with Gasteiger partial charge < -0.3 is 89.8 Å². The predicted octanol–water partition coefficient (Wildman–Crippen LogP) is 7.89. The van der Waals surface area contributed by atoms with Crippen LogP contribution >= 0.6 is 0 Å². The van der Waals surface area contributed by atoms with Gasteiger partial charge in [-0.15, -0.1) is 0 Å². The van der Waals surface area contributed by atoms with Gasteiger partial charge in [-0.05, 0) is 120 Å². The number of hydrogen-bond donors (Lipinski definition) is 9. The highest BCUT2D eigenvalue weighted by Crippen LogP contribution is 2.41. The summed E-state index contributed by atoms with van der Waals surface area (Å²) in [6, 6.07) is 22.5. The van der Waals surface area contributed by atoms with Crippen molar-refractivity contribution in [1.82, 2.24) is 35.7 Å². The average molecular weight is 1430 g/mol. The molecule has 6 aromatic rings. The molecule has 4 aromatic carbocycles. The number of carbonyl (C=O) groups excluding carboxylic acids is 3. The zero-order valence-corrected chi connectivity index (χ0v) is 61.3. The van der Waals surface area contributed by atoms with Crippen molar-refractivity contribution in [2.24, 2.45) is 0 Å². The van der Waals surface area contributed by atoms with Crippen molar-refractivity contribution in [2.75, 3.05) is 186 Å². The summed E-state index contributed by atoms with van der Waals surface area (Å²) < 4.78 is 81.9. The van der Waals surface area contributed by atoms with Crippen LogP contribution < -0.4 is 70.8 Å². The third-order valence-corrected chi connectivity index (χ3v) is 17.7. The number of likely N-dealkylation sites (N-methyl/N-ethyl adjacent to an activating group) is 1. The lowest BCUT2D eigenvalue weighted by Gasteiger charge is -2.35. The quantitative estimate of drug-likeness (QED) is 0.0130. The fourth-order valence-corrected chi connectivity index (χ4v) is 12.1. The molecule has 2 aromatic heterocycles. The molecule has 3 amide bonds. The molecule has 7 rings (SSSR count). The summed E-state index contributed by atoms with van der Waals surface area (Å²) >= 11 is 0. The van der Waals surface area contributed by atoms with Gasteiger partial charge in [-0.2, -0.15) is 0 Å². The van der Waals surface area contributed by atoms with Crippen LogP contribution in [0.3, 0.4) is 0 Å². The number of aryl methyl sites for hydroxylation is 2. The number of carbonyl (C=O) groups is 3. The standard InChI is InChI=1S/C73H103N13O15S/c1-11-27-99-55-40-56(42-57(41-55)101-67-45-64(76-7)63(75-6)44-65(67)83-102(91,92)58-15-16-66(93-9)68(43-58)94-10)100-28-13-12-21-84(8)49-71(88)78-20-30-96-32-34-98-36-35-97-33-31-95-29-18-70(87)77-19-22-85-23-25-86(26-24-85)69-17-14-53(47-79-69)54-38-59(60(46-74)62(39-54)81-50(2)3)72(89)80-48-61-51(4)37-52(5)82-73(61)90/h14-17,37-47,50,74-76,81,83H,11-13,18-36,48-49H2,1-10H3,(H,77,87)(H,78,88)(H,80,89)(H,82,90). The van der Waals surface area contributed by atoms with Gasteiger partial charge in [0, 0.05) is 150 Å². The number of amides is 3. The summed E-state index contributed by atoms with van der Waals surface area (Å²) in [7, 11) is 4.14. The number of sulfonamides is 1. The number of pyridine rings is 2. The summed E-state index contributed by atoms with van der Waals surface area (Å²) in [5.74, 6) is 2.51. The minimum Gasteiger partial charge on any atom is -0.493 e. The van der Waals surface area contributed by atoms with Gasteiger partial charge in [0.05, 0.1) is 114 Å². The normalized spacial score (nSPS) is 12.4. The summed E-state index contributed by atoms with van der Waals surface area (Å²) in [6.45, 7) is 19.1. The summed E-state index contributed by atoms with van der Waals surface area (Å²) in [6.07, 6.45) is 5.47. The maximum absolute atomic E-state index is 13.8. The molecule has 1 aliphatic heterocycles. The minimum atomic E-state index is -4.14. The van der Waals surface area contributed by atoms with E-state index in [-0.39, 0.29) is 71.6 Å². The second kappa shape index (κ2) is 41.6. The number of ether oxygens (including phenoxy) is 9. The number of nitrogens with zero attached hydrogens (tertiary/aromatic N) is 4. The molecule has 0 unspecified atom stereocenters. The van der Waals surface area contributed by atoms with E-state index in [0.717, 1.165) is 73.8 Å². The zero-order chi connectivity index (χ0) is 73.4. The van der Waals surface area contributed by atoms with E-state index in [2.05, 4.69) is 51.4 Å². The summed E-state index contributed by atoms with van der Waals surface area (Å²) in [5.41, 5.74) is 6.22. The number of rotatable bonds is 46. The molecule has 1 fully saturated rings. The molecule has 3 heterocycles. The lowest BCUT2D eigenvalue weighted by molar-refractivity contribution is -0.123. The second-order valence-corrected chi connectivity index (χ2v) is 26.3. The maximum Gasteiger partial charge on any atom is 0.262 e. The van der Waals surface area contributed by atoms with E-state index in [1.54, 1.807) is 56.7 Å². The van der Waals surface area contributed by atoms with Crippen molar-refractivity contribution in [1.29, 1.82) is 5.41 Å². The van der Waals surface area contributed by atoms with Crippen LogP contribution in [0.4, 0.5) is 28.6 Å². The van der Waals surface area contributed by atoms with E-state index < -0.39 is 15.9 Å². The Morgan fingerprint density at radius 2 is 1.34 bits per heavy atom. The number of aromatic nitrogens is 2. The van der Waals surface area contributed by atoms with Crippen LogP contribution in [0.15, 0.2) is 94.7 Å². The lowest BCUT2D eigenvalue weighted by Crippen LogP contribution is -2.48. The monoisotopic (exact) mass is 1430 g/mol. The topological polar surface area (TPSA) is 332 Å². The fraction of sp³-hybridized carbons (Fsp3) is 0.479. The molecule has 9 N–H and O–H groups in total. The van der Waals surface area contributed by atoms with Crippen molar-refractivity contribution in [3.05, 3.63) is 123 Å². The Balaban J connectivity index is 0.689. The molecule has 0 radical (unpaired) electrons. The first-order chi connectivity index (χ1) is 49.2. The number of benzene rings is 4. The lowest BCUT2D eigenvalue weighted by atomic mass is 9.97. The number of methoxy groups -OCH3 is 2. The molecule has 28 nitrogen and oxygen atoms in total. The predicted molar refractivity (Wildman–Crippen MR) is 397 cm³/mol. The van der Waals surface area contributed by atoms with Gasteiger partial charge in [-0.1, -0.05) is 6.92 Å². The third-order valence-electron chi connectivity index (χ3n) is 16.4. The first-order valence-corrected chi connectivity index (χ1v) is 36.0. The number of hydrogen-bond acceptors (Lipinski definition) is 23. The van der Waals surface area contributed by atoms with E-state index in [1.807, 2.05) is 70.8 Å². The van der Waals surface area contributed by atoms with Gasteiger partial charge in [-0.3, -0.25) is 33.7 Å². The molecular weight excluding hydrogens is 1330 g/mol. The zero-order valence-electron chi connectivity index (χ0n) is 60.5. The van der Waals surface area contributed by atoms with Crippen LogP contribution in [0, 0.1) is 19.3 Å². The van der Waals surface area contributed by atoms with Crippen LogP contribution in [-0.2, 0) is 45.1 Å². The Kier molecular flexibility index (Phi) is 32.7. The Morgan fingerprint density at radius 1 is 0.686 bits per heavy atom.